The number of fused-ring (bicyclic) bond motifs is 1. The Morgan fingerprint density at radius 2 is 1.80 bits per heavy atom. The summed E-state index contributed by atoms with van der Waals surface area (Å²) >= 11 is 6.58. The van der Waals surface area contributed by atoms with Gasteiger partial charge in [0.15, 0.2) is 5.82 Å². The van der Waals surface area contributed by atoms with Crippen LogP contribution < -0.4 is 9.80 Å². The van der Waals surface area contributed by atoms with Gasteiger partial charge < -0.3 is 14.7 Å². The van der Waals surface area contributed by atoms with Crippen LogP contribution in [0.15, 0.2) is 24.3 Å². The van der Waals surface area contributed by atoms with Crippen molar-refractivity contribution in [2.45, 2.75) is 39.0 Å². The van der Waals surface area contributed by atoms with Gasteiger partial charge in [0.25, 0.3) is 0 Å². The van der Waals surface area contributed by atoms with E-state index < -0.39 is 0 Å². The molecule has 0 unspecified atom stereocenters. The molecule has 5 nitrogen and oxygen atoms in total. The number of aromatic nitrogens is 2. The summed E-state index contributed by atoms with van der Waals surface area (Å²) in [6, 6.07) is 8.68. The lowest BCUT2D eigenvalue weighted by Gasteiger charge is -2.21. The second kappa shape index (κ2) is 8.72. The van der Waals surface area contributed by atoms with Crippen LogP contribution in [0.5, 0.6) is 0 Å². The number of rotatable bonds is 6. The van der Waals surface area contributed by atoms with Gasteiger partial charge in [-0.3, -0.25) is 0 Å². The van der Waals surface area contributed by atoms with E-state index in [0.717, 1.165) is 61.3 Å². The number of nitrogens with zero attached hydrogens (tertiary/aromatic N) is 5. The fourth-order valence-electron chi connectivity index (χ4n) is 5.10. The summed E-state index contributed by atoms with van der Waals surface area (Å²) in [6.07, 6.45) is 6.12. The molecule has 30 heavy (non-hydrogen) atoms. The summed E-state index contributed by atoms with van der Waals surface area (Å²) in [7, 11) is 0. The van der Waals surface area contributed by atoms with Crippen molar-refractivity contribution in [3.05, 3.63) is 35.0 Å². The smallest absolute Gasteiger partial charge is 0.163 e. The van der Waals surface area contributed by atoms with Crippen LogP contribution in [0, 0.1) is 5.92 Å². The molecule has 0 spiro atoms. The van der Waals surface area contributed by atoms with Crippen molar-refractivity contribution in [1.82, 2.24) is 14.9 Å². The highest BCUT2D eigenvalue weighted by molar-refractivity contribution is 6.30. The fraction of sp³-hybridized carbons (Fsp3) is 0.583. The van der Waals surface area contributed by atoms with E-state index in [0.29, 0.717) is 5.15 Å². The molecule has 0 saturated carbocycles. The molecule has 160 valence electrons. The van der Waals surface area contributed by atoms with Gasteiger partial charge in [-0.2, -0.15) is 0 Å². The number of hydrogen-bond acceptors (Lipinski definition) is 5. The van der Waals surface area contributed by atoms with Crippen LogP contribution in [0.25, 0.3) is 11.4 Å². The summed E-state index contributed by atoms with van der Waals surface area (Å²) in [6.45, 7) is 10.4. The minimum atomic E-state index is 0.620. The van der Waals surface area contributed by atoms with Crippen molar-refractivity contribution < 1.29 is 0 Å². The summed E-state index contributed by atoms with van der Waals surface area (Å²) < 4.78 is 0. The van der Waals surface area contributed by atoms with Gasteiger partial charge >= 0.3 is 0 Å². The van der Waals surface area contributed by atoms with Crippen molar-refractivity contribution in [2.24, 2.45) is 5.92 Å². The maximum Gasteiger partial charge on any atom is 0.163 e. The molecule has 3 aliphatic heterocycles. The highest BCUT2D eigenvalue weighted by Crippen LogP contribution is 2.34. The van der Waals surface area contributed by atoms with Crippen LogP contribution in [0.3, 0.4) is 0 Å². The molecule has 2 fully saturated rings. The van der Waals surface area contributed by atoms with Crippen molar-refractivity contribution in [3.8, 4) is 11.4 Å². The Morgan fingerprint density at radius 3 is 2.53 bits per heavy atom. The Kier molecular flexibility index (Phi) is 5.83. The average Bonchev–Trinajstić information content (AvgIpc) is 3.50. The maximum absolute atomic E-state index is 6.58. The zero-order valence-electron chi connectivity index (χ0n) is 18.0. The predicted octanol–water partition coefficient (Wildman–Crippen LogP) is 4.49. The van der Waals surface area contributed by atoms with Gasteiger partial charge in [0.05, 0.1) is 0 Å². The summed E-state index contributed by atoms with van der Waals surface area (Å²) in [4.78, 5) is 17.0. The van der Waals surface area contributed by atoms with Crippen LogP contribution in [0.1, 0.15) is 38.2 Å². The largest absolute Gasteiger partial charge is 0.371 e. The standard InChI is InChI=1S/C24H32ClN5/c1-18-9-15-30(17-18)20-7-5-19(6-8-20)23-26-22(25)21-10-16-29(24(21)27-23)14-4-13-28-11-2-3-12-28/h5-8,18H,2-4,9-17H2,1H3/t18-/m1/s1. The molecule has 1 atom stereocenters. The van der Waals surface area contributed by atoms with Crippen LogP contribution >= 0.6 is 11.6 Å². The highest BCUT2D eigenvalue weighted by Gasteiger charge is 2.26. The van der Waals surface area contributed by atoms with Gasteiger partial charge in [0.2, 0.25) is 0 Å². The van der Waals surface area contributed by atoms with Crippen molar-refractivity contribution in [2.75, 3.05) is 55.6 Å². The number of benzene rings is 1. The molecule has 0 bridgehead atoms. The van der Waals surface area contributed by atoms with Gasteiger partial charge in [-0.25, -0.2) is 9.97 Å². The van der Waals surface area contributed by atoms with Gasteiger partial charge in [0, 0.05) is 43.0 Å². The molecule has 1 aromatic heterocycles. The van der Waals surface area contributed by atoms with E-state index in [-0.39, 0.29) is 0 Å². The maximum atomic E-state index is 6.58. The Hall–Kier alpha value is -1.85. The molecule has 0 amide bonds. The summed E-state index contributed by atoms with van der Waals surface area (Å²) in [5, 5.41) is 0.620. The van der Waals surface area contributed by atoms with Crippen LogP contribution in [-0.2, 0) is 6.42 Å². The third kappa shape index (κ3) is 4.15. The molecular weight excluding hydrogens is 394 g/mol. The minimum Gasteiger partial charge on any atom is -0.371 e. The number of likely N-dealkylation sites (tertiary alicyclic amines) is 1. The molecule has 5 rings (SSSR count). The molecule has 0 radical (unpaired) electrons. The lowest BCUT2D eigenvalue weighted by Crippen LogP contribution is -2.28. The topological polar surface area (TPSA) is 35.5 Å². The quantitative estimate of drug-likeness (QED) is 0.637. The van der Waals surface area contributed by atoms with E-state index in [1.807, 2.05) is 0 Å². The second-order valence-corrected chi connectivity index (χ2v) is 9.52. The fourth-order valence-corrected chi connectivity index (χ4v) is 5.36. The Labute approximate surface area is 185 Å². The van der Waals surface area contributed by atoms with Crippen molar-refractivity contribution >= 4 is 23.1 Å². The highest BCUT2D eigenvalue weighted by atomic mass is 35.5. The van der Waals surface area contributed by atoms with E-state index in [2.05, 4.69) is 50.9 Å². The van der Waals surface area contributed by atoms with E-state index >= 15 is 0 Å². The first kappa shape index (κ1) is 20.1. The molecule has 4 heterocycles. The Morgan fingerprint density at radius 1 is 1.00 bits per heavy atom. The summed E-state index contributed by atoms with van der Waals surface area (Å²) in [5.74, 6) is 2.57. The molecule has 3 aliphatic rings. The Bertz CT molecular complexity index is 878. The zero-order chi connectivity index (χ0) is 20.5. The van der Waals surface area contributed by atoms with Crippen LogP contribution in [-0.4, -0.2) is 60.7 Å². The molecule has 0 N–H and O–H groups in total. The number of halogens is 1. The SMILES string of the molecule is C[C@@H]1CCN(c2ccc(-c3nc(Cl)c4c(n3)N(CCCN3CCCC3)CC4)cc2)C1. The van der Waals surface area contributed by atoms with Gasteiger partial charge in [-0.1, -0.05) is 18.5 Å². The van der Waals surface area contributed by atoms with E-state index in [1.54, 1.807) is 0 Å². The Balaban J connectivity index is 1.30. The molecule has 6 heteroatoms. The molecule has 2 saturated heterocycles. The monoisotopic (exact) mass is 425 g/mol. The average molecular weight is 426 g/mol. The predicted molar refractivity (Wildman–Crippen MR) is 125 cm³/mol. The minimum absolute atomic E-state index is 0.620. The van der Waals surface area contributed by atoms with Gasteiger partial charge in [-0.15, -0.1) is 0 Å². The molecule has 1 aromatic carbocycles. The van der Waals surface area contributed by atoms with E-state index in [4.69, 9.17) is 16.6 Å². The third-order valence-corrected chi connectivity index (χ3v) is 7.19. The molecular formula is C24H32ClN5. The first-order valence-electron chi connectivity index (χ1n) is 11.6. The van der Waals surface area contributed by atoms with Gasteiger partial charge in [-0.05, 0) is 81.9 Å². The molecule has 0 aliphatic carbocycles. The van der Waals surface area contributed by atoms with Crippen molar-refractivity contribution in [1.29, 1.82) is 0 Å². The summed E-state index contributed by atoms with van der Waals surface area (Å²) in [5.41, 5.74) is 3.45. The lowest BCUT2D eigenvalue weighted by molar-refractivity contribution is 0.335. The zero-order valence-corrected chi connectivity index (χ0v) is 18.7. The first-order chi connectivity index (χ1) is 14.7. The van der Waals surface area contributed by atoms with E-state index in [1.165, 1.54) is 51.0 Å². The van der Waals surface area contributed by atoms with Crippen LogP contribution in [0.4, 0.5) is 11.5 Å². The van der Waals surface area contributed by atoms with E-state index in [9.17, 15) is 0 Å². The molecule has 2 aromatic rings. The first-order valence-corrected chi connectivity index (χ1v) is 11.9. The second-order valence-electron chi connectivity index (χ2n) is 9.17. The van der Waals surface area contributed by atoms with Crippen molar-refractivity contribution in [3.63, 3.8) is 0 Å². The van der Waals surface area contributed by atoms with Crippen LogP contribution in [0.2, 0.25) is 5.15 Å². The normalized spacial score (nSPS) is 21.6. The van der Waals surface area contributed by atoms with Gasteiger partial charge in [0.1, 0.15) is 11.0 Å². The lowest BCUT2D eigenvalue weighted by atomic mass is 10.1. The third-order valence-electron chi connectivity index (χ3n) is 6.88. The number of anilines is 2. The number of hydrogen-bond donors (Lipinski definition) is 0.